The van der Waals surface area contributed by atoms with E-state index in [1.165, 1.54) is 12.8 Å². The van der Waals surface area contributed by atoms with Crippen LogP contribution < -0.4 is 5.32 Å². The smallest absolute Gasteiger partial charge is 0.0965 e. The molecule has 0 saturated heterocycles. The molecule has 0 aromatic carbocycles. The molecule has 0 spiro atoms. The molecule has 6 nitrogen and oxygen atoms in total. The monoisotopic (exact) mass is 280 g/mol. The fourth-order valence-electron chi connectivity index (χ4n) is 2.04. The molecule has 0 unspecified atom stereocenters. The van der Waals surface area contributed by atoms with Crippen LogP contribution in [0, 0.1) is 6.92 Å². The maximum atomic E-state index is 6.22. The Labute approximate surface area is 116 Å². The molecule has 1 aliphatic rings. The summed E-state index contributed by atoms with van der Waals surface area (Å²) < 4.78 is 3.59. The summed E-state index contributed by atoms with van der Waals surface area (Å²) in [5, 5.41) is 16.7. The second-order valence-corrected chi connectivity index (χ2v) is 5.41. The Morgan fingerprint density at radius 2 is 2.26 bits per heavy atom. The van der Waals surface area contributed by atoms with Crippen LogP contribution in [0.1, 0.15) is 29.9 Å². The van der Waals surface area contributed by atoms with E-state index in [1.54, 1.807) is 9.36 Å². The van der Waals surface area contributed by atoms with Crippen LogP contribution in [0.2, 0.25) is 5.02 Å². The van der Waals surface area contributed by atoms with E-state index in [0.717, 1.165) is 23.6 Å². The molecule has 2 heterocycles. The SMILES string of the molecule is Cc1nn(C)c(Cn2cc(CNC3CC3)nn2)c1Cl. The van der Waals surface area contributed by atoms with Gasteiger partial charge >= 0.3 is 0 Å². The van der Waals surface area contributed by atoms with Crippen molar-refractivity contribution in [3.63, 3.8) is 0 Å². The maximum absolute atomic E-state index is 6.22. The molecule has 1 N–H and O–H groups in total. The fraction of sp³-hybridized carbons (Fsp3) is 0.583. The Balaban J connectivity index is 1.68. The van der Waals surface area contributed by atoms with Crippen molar-refractivity contribution >= 4 is 11.6 Å². The number of nitrogens with one attached hydrogen (secondary N) is 1. The van der Waals surface area contributed by atoms with Crippen LogP contribution in [0.4, 0.5) is 0 Å². The molecular weight excluding hydrogens is 264 g/mol. The van der Waals surface area contributed by atoms with Crippen molar-refractivity contribution in [2.24, 2.45) is 7.05 Å². The van der Waals surface area contributed by atoms with E-state index in [-0.39, 0.29) is 0 Å². The van der Waals surface area contributed by atoms with E-state index in [2.05, 4.69) is 20.7 Å². The molecule has 2 aromatic heterocycles. The Bertz CT molecular complexity index is 583. The molecule has 3 rings (SSSR count). The number of halogens is 1. The third-order valence-corrected chi connectivity index (χ3v) is 3.80. The van der Waals surface area contributed by atoms with E-state index >= 15 is 0 Å². The molecule has 2 aromatic rings. The van der Waals surface area contributed by atoms with Crippen molar-refractivity contribution < 1.29 is 0 Å². The zero-order chi connectivity index (χ0) is 13.4. The summed E-state index contributed by atoms with van der Waals surface area (Å²) in [6.45, 7) is 3.27. The molecule has 19 heavy (non-hydrogen) atoms. The van der Waals surface area contributed by atoms with Gasteiger partial charge in [-0.15, -0.1) is 5.10 Å². The minimum atomic E-state index is 0.590. The number of hydrogen-bond donors (Lipinski definition) is 1. The first kappa shape index (κ1) is 12.6. The number of aryl methyl sites for hydroxylation is 2. The van der Waals surface area contributed by atoms with Crippen LogP contribution in [0.15, 0.2) is 6.20 Å². The number of rotatable bonds is 5. The number of aromatic nitrogens is 5. The summed E-state index contributed by atoms with van der Waals surface area (Å²) >= 11 is 6.22. The Kier molecular flexibility index (Phi) is 3.28. The van der Waals surface area contributed by atoms with Gasteiger partial charge in [-0.05, 0) is 19.8 Å². The average molecular weight is 281 g/mol. The van der Waals surface area contributed by atoms with Gasteiger partial charge in [0.15, 0.2) is 0 Å². The summed E-state index contributed by atoms with van der Waals surface area (Å²) in [5.74, 6) is 0. The van der Waals surface area contributed by atoms with Crippen molar-refractivity contribution in [2.45, 2.75) is 38.9 Å². The molecule has 1 saturated carbocycles. The van der Waals surface area contributed by atoms with E-state index < -0.39 is 0 Å². The topological polar surface area (TPSA) is 60.6 Å². The standard InChI is InChI=1S/C12H17ClN6/c1-8-12(13)11(18(2)16-8)7-19-6-10(15-17-19)5-14-9-3-4-9/h6,9,14H,3-5,7H2,1-2H3. The lowest BCUT2D eigenvalue weighted by Crippen LogP contribution is -2.15. The molecule has 0 bridgehead atoms. The summed E-state index contributed by atoms with van der Waals surface area (Å²) in [4.78, 5) is 0. The predicted octanol–water partition coefficient (Wildman–Crippen LogP) is 1.27. The lowest BCUT2D eigenvalue weighted by molar-refractivity contribution is 0.599. The first-order valence-electron chi connectivity index (χ1n) is 6.44. The van der Waals surface area contributed by atoms with Crippen molar-refractivity contribution in [1.82, 2.24) is 30.1 Å². The summed E-state index contributed by atoms with van der Waals surface area (Å²) in [7, 11) is 1.89. The predicted molar refractivity (Wildman–Crippen MR) is 71.9 cm³/mol. The van der Waals surface area contributed by atoms with Crippen molar-refractivity contribution in [3.8, 4) is 0 Å². The third kappa shape index (κ3) is 2.79. The highest BCUT2D eigenvalue weighted by Gasteiger charge is 2.20. The van der Waals surface area contributed by atoms with Crippen LogP contribution in [0.25, 0.3) is 0 Å². The molecule has 1 fully saturated rings. The van der Waals surface area contributed by atoms with Crippen LogP contribution in [0.5, 0.6) is 0 Å². The van der Waals surface area contributed by atoms with Gasteiger partial charge in [-0.2, -0.15) is 5.10 Å². The third-order valence-electron chi connectivity index (χ3n) is 3.31. The molecule has 1 aliphatic carbocycles. The van der Waals surface area contributed by atoms with Crippen molar-refractivity contribution in [3.05, 3.63) is 28.3 Å². The number of hydrogen-bond acceptors (Lipinski definition) is 4. The van der Waals surface area contributed by atoms with E-state index in [1.807, 2.05) is 20.2 Å². The normalized spacial score (nSPS) is 15.1. The van der Waals surface area contributed by atoms with Gasteiger partial charge in [-0.25, -0.2) is 4.68 Å². The van der Waals surface area contributed by atoms with Gasteiger partial charge in [0, 0.05) is 19.6 Å². The van der Waals surface area contributed by atoms with Crippen LogP contribution in [-0.4, -0.2) is 30.8 Å². The molecule has 0 radical (unpaired) electrons. The molecular formula is C12H17ClN6. The molecule has 0 atom stereocenters. The van der Waals surface area contributed by atoms with Gasteiger partial charge in [0.2, 0.25) is 0 Å². The molecule has 7 heteroatoms. The Morgan fingerprint density at radius 3 is 2.89 bits per heavy atom. The molecule has 0 aliphatic heterocycles. The number of nitrogens with zero attached hydrogens (tertiary/aromatic N) is 5. The van der Waals surface area contributed by atoms with Gasteiger partial charge < -0.3 is 5.32 Å². The lowest BCUT2D eigenvalue weighted by atomic mass is 10.3. The highest BCUT2D eigenvalue weighted by Crippen LogP contribution is 2.20. The summed E-state index contributed by atoms with van der Waals surface area (Å²) in [6.07, 6.45) is 4.50. The fourth-order valence-corrected chi connectivity index (χ4v) is 2.26. The van der Waals surface area contributed by atoms with Gasteiger partial charge in [0.25, 0.3) is 0 Å². The maximum Gasteiger partial charge on any atom is 0.0965 e. The first-order chi connectivity index (χ1) is 9.13. The van der Waals surface area contributed by atoms with Crippen LogP contribution >= 0.6 is 11.6 Å². The van der Waals surface area contributed by atoms with Gasteiger partial charge in [-0.1, -0.05) is 16.8 Å². The second-order valence-electron chi connectivity index (χ2n) is 5.03. The minimum absolute atomic E-state index is 0.590. The highest BCUT2D eigenvalue weighted by atomic mass is 35.5. The molecule has 0 amide bonds. The quantitative estimate of drug-likeness (QED) is 0.896. The highest BCUT2D eigenvalue weighted by molar-refractivity contribution is 6.31. The largest absolute Gasteiger partial charge is 0.308 e. The summed E-state index contributed by atoms with van der Waals surface area (Å²) in [6, 6.07) is 0.680. The van der Waals surface area contributed by atoms with E-state index in [0.29, 0.717) is 17.6 Å². The van der Waals surface area contributed by atoms with Crippen molar-refractivity contribution in [1.29, 1.82) is 0 Å². The van der Waals surface area contributed by atoms with Gasteiger partial charge in [-0.3, -0.25) is 4.68 Å². The molecule has 102 valence electrons. The van der Waals surface area contributed by atoms with Crippen molar-refractivity contribution in [2.75, 3.05) is 0 Å². The Morgan fingerprint density at radius 1 is 1.47 bits per heavy atom. The van der Waals surface area contributed by atoms with Gasteiger partial charge in [0.05, 0.1) is 34.8 Å². The average Bonchev–Trinajstić information content (AvgIpc) is 3.06. The second kappa shape index (κ2) is 4.94. The lowest BCUT2D eigenvalue weighted by Gasteiger charge is -2.02. The zero-order valence-corrected chi connectivity index (χ0v) is 11.9. The van der Waals surface area contributed by atoms with Crippen LogP contribution in [0.3, 0.4) is 0 Å². The zero-order valence-electron chi connectivity index (χ0n) is 11.1. The Hall–Kier alpha value is -1.40. The van der Waals surface area contributed by atoms with Gasteiger partial charge in [0.1, 0.15) is 0 Å². The van der Waals surface area contributed by atoms with E-state index in [9.17, 15) is 0 Å². The minimum Gasteiger partial charge on any atom is -0.308 e. The summed E-state index contributed by atoms with van der Waals surface area (Å²) in [5.41, 5.74) is 2.75. The van der Waals surface area contributed by atoms with E-state index in [4.69, 9.17) is 11.6 Å². The van der Waals surface area contributed by atoms with Crippen LogP contribution in [-0.2, 0) is 20.1 Å². The first-order valence-corrected chi connectivity index (χ1v) is 6.81.